The highest BCUT2D eigenvalue weighted by molar-refractivity contribution is 5.93. The number of carbonyl (C=O) groups is 1. The van der Waals surface area contributed by atoms with Crippen molar-refractivity contribution in [3.05, 3.63) is 59.8 Å². The third kappa shape index (κ3) is 3.64. The van der Waals surface area contributed by atoms with Gasteiger partial charge < -0.3 is 19.5 Å². The maximum absolute atomic E-state index is 12.6. The standard InChI is InChI=1S/C21H21N3O4/c1-13(15-5-8-19-20(11-15)28-10-9-27-19)22-21(25)18-12-17(23-24-18)14-3-6-16(26-2)7-4-14/h3-8,11-13H,9-10H2,1-2H3,(H,22,25)(H,23,24)/t13-/m1/s1. The Morgan fingerprint density at radius 3 is 2.61 bits per heavy atom. The summed E-state index contributed by atoms with van der Waals surface area (Å²) < 4.78 is 16.3. The monoisotopic (exact) mass is 379 g/mol. The van der Waals surface area contributed by atoms with E-state index >= 15 is 0 Å². The number of nitrogens with one attached hydrogen (secondary N) is 2. The van der Waals surface area contributed by atoms with E-state index in [2.05, 4.69) is 15.5 Å². The Morgan fingerprint density at radius 2 is 1.86 bits per heavy atom. The van der Waals surface area contributed by atoms with Crippen LogP contribution in [0, 0.1) is 0 Å². The van der Waals surface area contributed by atoms with Gasteiger partial charge in [-0.2, -0.15) is 5.10 Å². The zero-order chi connectivity index (χ0) is 19.5. The van der Waals surface area contributed by atoms with Crippen molar-refractivity contribution in [1.82, 2.24) is 15.5 Å². The van der Waals surface area contributed by atoms with E-state index < -0.39 is 0 Å². The Labute approximate surface area is 162 Å². The average molecular weight is 379 g/mol. The average Bonchev–Trinajstić information content (AvgIpc) is 3.24. The van der Waals surface area contributed by atoms with Gasteiger partial charge in [-0.15, -0.1) is 0 Å². The van der Waals surface area contributed by atoms with Crippen molar-refractivity contribution in [2.24, 2.45) is 0 Å². The number of nitrogens with zero attached hydrogens (tertiary/aromatic N) is 1. The van der Waals surface area contributed by atoms with Crippen LogP contribution in [0.25, 0.3) is 11.3 Å². The lowest BCUT2D eigenvalue weighted by molar-refractivity contribution is 0.0934. The molecule has 4 rings (SSSR count). The van der Waals surface area contributed by atoms with E-state index in [1.54, 1.807) is 13.2 Å². The normalized spacial score (nSPS) is 13.6. The van der Waals surface area contributed by atoms with E-state index in [1.165, 1.54) is 0 Å². The van der Waals surface area contributed by atoms with Crippen molar-refractivity contribution in [2.75, 3.05) is 20.3 Å². The molecule has 0 aliphatic carbocycles. The van der Waals surface area contributed by atoms with Crippen molar-refractivity contribution in [3.63, 3.8) is 0 Å². The Balaban J connectivity index is 1.45. The van der Waals surface area contributed by atoms with Crippen molar-refractivity contribution in [3.8, 4) is 28.5 Å². The predicted molar refractivity (Wildman–Crippen MR) is 104 cm³/mol. The Kier molecular flexibility index (Phi) is 4.89. The molecule has 1 amide bonds. The summed E-state index contributed by atoms with van der Waals surface area (Å²) >= 11 is 0. The molecule has 0 saturated carbocycles. The molecule has 0 unspecified atom stereocenters. The SMILES string of the molecule is COc1ccc(-c2cc(C(=O)N[C@H](C)c3ccc4c(c3)OCCO4)[nH]n2)cc1. The van der Waals surface area contributed by atoms with Gasteiger partial charge in [-0.05, 0) is 55.0 Å². The summed E-state index contributed by atoms with van der Waals surface area (Å²) in [5.74, 6) is 1.97. The van der Waals surface area contributed by atoms with Crippen LogP contribution in [0.1, 0.15) is 29.0 Å². The van der Waals surface area contributed by atoms with Gasteiger partial charge in [-0.3, -0.25) is 9.89 Å². The van der Waals surface area contributed by atoms with Crippen LogP contribution in [-0.4, -0.2) is 36.4 Å². The quantitative estimate of drug-likeness (QED) is 0.710. The molecule has 144 valence electrons. The minimum atomic E-state index is -0.227. The Hall–Kier alpha value is -3.48. The summed E-state index contributed by atoms with van der Waals surface area (Å²) in [6.45, 7) is 3.00. The molecule has 28 heavy (non-hydrogen) atoms. The third-order valence-corrected chi connectivity index (χ3v) is 4.62. The summed E-state index contributed by atoms with van der Waals surface area (Å²) in [5.41, 5.74) is 2.93. The predicted octanol–water partition coefficient (Wildman–Crippen LogP) is 3.35. The molecular formula is C21H21N3O4. The van der Waals surface area contributed by atoms with Crippen LogP contribution in [0.2, 0.25) is 0 Å². The molecule has 0 fully saturated rings. The van der Waals surface area contributed by atoms with Crippen LogP contribution >= 0.6 is 0 Å². The summed E-state index contributed by atoms with van der Waals surface area (Å²) in [6.07, 6.45) is 0. The fourth-order valence-corrected chi connectivity index (χ4v) is 3.03. The van der Waals surface area contributed by atoms with Gasteiger partial charge in [0.05, 0.1) is 18.8 Å². The fraction of sp³-hybridized carbons (Fsp3) is 0.238. The lowest BCUT2D eigenvalue weighted by Gasteiger charge is -2.21. The summed E-state index contributed by atoms with van der Waals surface area (Å²) in [4.78, 5) is 12.6. The number of rotatable bonds is 5. The number of hydrogen-bond acceptors (Lipinski definition) is 5. The van der Waals surface area contributed by atoms with Gasteiger partial charge in [0.2, 0.25) is 0 Å². The molecule has 2 N–H and O–H groups in total. The maximum Gasteiger partial charge on any atom is 0.269 e. The first kappa shape index (κ1) is 17.9. The number of amides is 1. The van der Waals surface area contributed by atoms with E-state index in [9.17, 15) is 4.79 Å². The second-order valence-electron chi connectivity index (χ2n) is 6.49. The number of carbonyl (C=O) groups excluding carboxylic acids is 1. The van der Waals surface area contributed by atoms with Crippen LogP contribution in [-0.2, 0) is 0 Å². The van der Waals surface area contributed by atoms with Crippen molar-refractivity contribution < 1.29 is 19.0 Å². The lowest BCUT2D eigenvalue weighted by atomic mass is 10.1. The van der Waals surface area contributed by atoms with Crippen LogP contribution in [0.4, 0.5) is 0 Å². The van der Waals surface area contributed by atoms with E-state index in [0.717, 1.165) is 22.6 Å². The molecule has 7 heteroatoms. The zero-order valence-corrected chi connectivity index (χ0v) is 15.7. The number of aromatic nitrogens is 2. The van der Waals surface area contributed by atoms with Gasteiger partial charge in [0.25, 0.3) is 5.91 Å². The highest BCUT2D eigenvalue weighted by Gasteiger charge is 2.18. The highest BCUT2D eigenvalue weighted by Crippen LogP contribution is 2.32. The number of benzene rings is 2. The van der Waals surface area contributed by atoms with Gasteiger partial charge in [-0.25, -0.2) is 0 Å². The maximum atomic E-state index is 12.6. The molecule has 0 spiro atoms. The second kappa shape index (κ2) is 7.64. The van der Waals surface area contributed by atoms with Gasteiger partial charge in [0.1, 0.15) is 24.7 Å². The molecule has 2 aromatic carbocycles. The second-order valence-corrected chi connectivity index (χ2v) is 6.49. The summed E-state index contributed by atoms with van der Waals surface area (Å²) in [5, 5.41) is 10.0. The molecule has 0 bridgehead atoms. The van der Waals surface area contributed by atoms with Crippen LogP contribution in [0.5, 0.6) is 17.2 Å². The molecule has 3 aromatic rings. The van der Waals surface area contributed by atoms with Crippen LogP contribution in [0.15, 0.2) is 48.5 Å². The molecule has 1 aliphatic heterocycles. The minimum Gasteiger partial charge on any atom is -0.497 e. The zero-order valence-electron chi connectivity index (χ0n) is 15.7. The Bertz CT molecular complexity index is 982. The molecule has 0 saturated heterocycles. The molecule has 0 radical (unpaired) electrons. The molecular weight excluding hydrogens is 358 g/mol. The fourth-order valence-electron chi connectivity index (χ4n) is 3.03. The van der Waals surface area contributed by atoms with E-state index in [0.29, 0.717) is 30.4 Å². The number of H-pyrrole nitrogens is 1. The van der Waals surface area contributed by atoms with E-state index in [1.807, 2.05) is 49.4 Å². The number of ether oxygens (including phenoxy) is 3. The van der Waals surface area contributed by atoms with Gasteiger partial charge in [-0.1, -0.05) is 6.07 Å². The van der Waals surface area contributed by atoms with Gasteiger partial charge >= 0.3 is 0 Å². The number of hydrogen-bond donors (Lipinski definition) is 2. The molecule has 7 nitrogen and oxygen atoms in total. The van der Waals surface area contributed by atoms with Crippen LogP contribution < -0.4 is 19.5 Å². The highest BCUT2D eigenvalue weighted by atomic mass is 16.6. The number of aromatic amines is 1. The summed E-state index contributed by atoms with van der Waals surface area (Å²) in [6, 6.07) is 14.7. The largest absolute Gasteiger partial charge is 0.497 e. The first-order valence-electron chi connectivity index (χ1n) is 9.04. The summed E-state index contributed by atoms with van der Waals surface area (Å²) in [7, 11) is 1.62. The third-order valence-electron chi connectivity index (χ3n) is 4.62. The first-order valence-corrected chi connectivity index (χ1v) is 9.04. The van der Waals surface area contributed by atoms with Crippen molar-refractivity contribution in [2.45, 2.75) is 13.0 Å². The van der Waals surface area contributed by atoms with Crippen molar-refractivity contribution >= 4 is 5.91 Å². The van der Waals surface area contributed by atoms with Crippen molar-refractivity contribution in [1.29, 1.82) is 0 Å². The molecule has 1 aromatic heterocycles. The minimum absolute atomic E-state index is 0.198. The Morgan fingerprint density at radius 1 is 1.11 bits per heavy atom. The van der Waals surface area contributed by atoms with Gasteiger partial charge in [0.15, 0.2) is 11.5 Å². The molecule has 1 atom stereocenters. The van der Waals surface area contributed by atoms with E-state index in [4.69, 9.17) is 14.2 Å². The smallest absolute Gasteiger partial charge is 0.269 e. The number of fused-ring (bicyclic) bond motifs is 1. The number of methoxy groups -OCH3 is 1. The molecule has 2 heterocycles. The lowest BCUT2D eigenvalue weighted by Crippen LogP contribution is -2.27. The van der Waals surface area contributed by atoms with Gasteiger partial charge in [0, 0.05) is 5.56 Å². The molecule has 1 aliphatic rings. The topological polar surface area (TPSA) is 85.5 Å². The van der Waals surface area contributed by atoms with Crippen LogP contribution in [0.3, 0.4) is 0 Å². The first-order chi connectivity index (χ1) is 13.6. The van der Waals surface area contributed by atoms with E-state index in [-0.39, 0.29) is 11.9 Å².